The van der Waals surface area contributed by atoms with Gasteiger partial charge in [0.05, 0.1) is 10.8 Å². The Morgan fingerprint density at radius 2 is 1.79 bits per heavy atom. The van der Waals surface area contributed by atoms with Crippen LogP contribution in [-0.2, 0) is 4.79 Å². The topological polar surface area (TPSA) is 138 Å². The monoisotopic (exact) mass is 461 g/mol. The molecule has 3 aromatic carbocycles. The SMILES string of the molecule is N#CC1=C(N)Oc2cc(OC(=O)COc3ccc(F)cc3)ccc2C1c1ccc([N+](=O)[O-])cc1. The van der Waals surface area contributed by atoms with Crippen LogP contribution in [0.4, 0.5) is 10.1 Å². The molecule has 0 radical (unpaired) electrons. The molecule has 1 aliphatic rings. The Labute approximate surface area is 192 Å². The lowest BCUT2D eigenvalue weighted by atomic mass is 9.83. The maximum Gasteiger partial charge on any atom is 0.349 e. The highest BCUT2D eigenvalue weighted by Crippen LogP contribution is 2.43. The third-order valence-corrected chi connectivity index (χ3v) is 5.03. The molecule has 0 saturated heterocycles. The van der Waals surface area contributed by atoms with E-state index in [0.29, 0.717) is 16.9 Å². The maximum atomic E-state index is 13.0. The Morgan fingerprint density at radius 3 is 2.44 bits per heavy atom. The number of rotatable bonds is 6. The van der Waals surface area contributed by atoms with Gasteiger partial charge in [0.2, 0.25) is 5.88 Å². The molecule has 1 unspecified atom stereocenters. The van der Waals surface area contributed by atoms with Gasteiger partial charge in [-0.15, -0.1) is 0 Å². The first-order valence-corrected chi connectivity index (χ1v) is 9.90. The molecule has 0 saturated carbocycles. The Balaban J connectivity index is 1.54. The number of carbonyl (C=O) groups excluding carboxylic acids is 1. The minimum absolute atomic E-state index is 0.0865. The molecule has 2 N–H and O–H groups in total. The first-order valence-electron chi connectivity index (χ1n) is 9.90. The first-order chi connectivity index (χ1) is 16.4. The first kappa shape index (κ1) is 22.3. The van der Waals surface area contributed by atoms with Crippen LogP contribution in [0, 0.1) is 27.3 Å². The molecule has 0 spiro atoms. The Kier molecular flexibility index (Phi) is 6.09. The quantitative estimate of drug-likeness (QED) is 0.252. The number of carbonyl (C=O) groups is 1. The number of allylic oxidation sites excluding steroid dienone is 1. The standard InChI is InChI=1S/C24H16FN3O6/c25-15-3-7-17(8-4-15)32-13-22(29)33-18-9-10-19-21(11-18)34-24(27)20(12-26)23(19)14-1-5-16(6-2-14)28(30)31/h1-11,23H,13,27H2. The van der Waals surface area contributed by atoms with Crippen LogP contribution >= 0.6 is 0 Å². The summed E-state index contributed by atoms with van der Waals surface area (Å²) in [7, 11) is 0. The summed E-state index contributed by atoms with van der Waals surface area (Å²) in [6, 6.07) is 17.6. The summed E-state index contributed by atoms with van der Waals surface area (Å²) in [6.07, 6.45) is 0. The largest absolute Gasteiger partial charge is 0.482 e. The van der Waals surface area contributed by atoms with Crippen LogP contribution in [0.5, 0.6) is 17.2 Å². The number of nitro benzene ring substituents is 1. The van der Waals surface area contributed by atoms with Crippen LogP contribution < -0.4 is 19.9 Å². The molecular weight excluding hydrogens is 445 g/mol. The number of non-ortho nitro benzene ring substituents is 1. The number of fused-ring (bicyclic) bond motifs is 1. The third kappa shape index (κ3) is 4.63. The number of nitrogens with two attached hydrogens (primary N) is 1. The molecule has 3 aromatic rings. The number of esters is 1. The second kappa shape index (κ2) is 9.30. The van der Waals surface area contributed by atoms with Crippen molar-refractivity contribution in [1.82, 2.24) is 0 Å². The van der Waals surface area contributed by atoms with E-state index >= 15 is 0 Å². The highest BCUT2D eigenvalue weighted by Gasteiger charge is 2.31. The van der Waals surface area contributed by atoms with Crippen molar-refractivity contribution in [2.75, 3.05) is 6.61 Å². The van der Waals surface area contributed by atoms with Gasteiger partial charge in [0.15, 0.2) is 6.61 Å². The average Bonchev–Trinajstić information content (AvgIpc) is 2.83. The molecule has 0 aromatic heterocycles. The van der Waals surface area contributed by atoms with Gasteiger partial charge in [-0.3, -0.25) is 10.1 Å². The molecule has 1 aliphatic heterocycles. The van der Waals surface area contributed by atoms with Gasteiger partial charge in [0.1, 0.15) is 34.7 Å². The highest BCUT2D eigenvalue weighted by atomic mass is 19.1. The van der Waals surface area contributed by atoms with E-state index in [2.05, 4.69) is 0 Å². The molecular formula is C24H16FN3O6. The fraction of sp³-hybridized carbons (Fsp3) is 0.0833. The molecule has 170 valence electrons. The summed E-state index contributed by atoms with van der Waals surface area (Å²) in [4.78, 5) is 22.6. The Bertz CT molecular complexity index is 1330. The van der Waals surface area contributed by atoms with Gasteiger partial charge in [-0.25, -0.2) is 9.18 Å². The van der Waals surface area contributed by atoms with Crippen molar-refractivity contribution in [2.24, 2.45) is 5.73 Å². The molecule has 0 aliphatic carbocycles. The maximum absolute atomic E-state index is 13.0. The number of hydrogen-bond donors (Lipinski definition) is 1. The van der Waals surface area contributed by atoms with E-state index in [4.69, 9.17) is 19.9 Å². The zero-order valence-corrected chi connectivity index (χ0v) is 17.4. The number of nitro groups is 1. The number of nitrogens with zero attached hydrogens (tertiary/aromatic N) is 2. The molecule has 1 atom stereocenters. The number of halogens is 1. The van der Waals surface area contributed by atoms with Gasteiger partial charge < -0.3 is 19.9 Å². The van der Waals surface area contributed by atoms with Crippen LogP contribution in [0.2, 0.25) is 0 Å². The van der Waals surface area contributed by atoms with Gasteiger partial charge in [-0.1, -0.05) is 18.2 Å². The number of hydrogen-bond acceptors (Lipinski definition) is 8. The van der Waals surface area contributed by atoms with Crippen molar-refractivity contribution in [3.05, 3.63) is 105 Å². The predicted molar refractivity (Wildman–Crippen MR) is 116 cm³/mol. The minimum Gasteiger partial charge on any atom is -0.482 e. The van der Waals surface area contributed by atoms with Crippen molar-refractivity contribution in [3.63, 3.8) is 0 Å². The van der Waals surface area contributed by atoms with Crippen LogP contribution in [0.15, 0.2) is 78.2 Å². The molecule has 34 heavy (non-hydrogen) atoms. The van der Waals surface area contributed by atoms with Crippen LogP contribution in [0.3, 0.4) is 0 Å². The van der Waals surface area contributed by atoms with Crippen LogP contribution in [-0.4, -0.2) is 17.5 Å². The Hall–Kier alpha value is -4.91. The third-order valence-electron chi connectivity index (χ3n) is 5.03. The van der Waals surface area contributed by atoms with E-state index in [1.807, 2.05) is 6.07 Å². The van der Waals surface area contributed by atoms with Gasteiger partial charge >= 0.3 is 5.97 Å². The molecule has 0 bridgehead atoms. The lowest BCUT2D eigenvalue weighted by Gasteiger charge is -2.26. The van der Waals surface area contributed by atoms with Crippen LogP contribution in [0.25, 0.3) is 0 Å². The fourth-order valence-electron chi connectivity index (χ4n) is 3.46. The number of benzene rings is 3. The van der Waals surface area contributed by atoms with E-state index in [-0.39, 0.29) is 28.6 Å². The van der Waals surface area contributed by atoms with Gasteiger partial charge in [0.25, 0.3) is 5.69 Å². The highest BCUT2D eigenvalue weighted by molar-refractivity contribution is 5.74. The van der Waals surface area contributed by atoms with Crippen molar-refractivity contribution in [2.45, 2.75) is 5.92 Å². The van der Waals surface area contributed by atoms with Gasteiger partial charge in [-0.2, -0.15) is 5.26 Å². The molecule has 4 rings (SSSR count). The molecule has 9 nitrogen and oxygen atoms in total. The summed E-state index contributed by atoms with van der Waals surface area (Å²) < 4.78 is 29.1. The van der Waals surface area contributed by atoms with E-state index in [0.717, 1.165) is 0 Å². The number of nitriles is 1. The van der Waals surface area contributed by atoms with Crippen molar-refractivity contribution in [3.8, 4) is 23.3 Å². The molecule has 10 heteroatoms. The van der Waals surface area contributed by atoms with Gasteiger partial charge in [-0.05, 0) is 35.9 Å². The smallest absolute Gasteiger partial charge is 0.349 e. The van der Waals surface area contributed by atoms with Crippen LogP contribution in [0.1, 0.15) is 17.0 Å². The van der Waals surface area contributed by atoms with Gasteiger partial charge in [0, 0.05) is 23.8 Å². The number of ether oxygens (including phenoxy) is 3. The summed E-state index contributed by atoms with van der Waals surface area (Å²) in [5, 5.41) is 20.6. The fourth-order valence-corrected chi connectivity index (χ4v) is 3.46. The minimum atomic E-state index is -0.701. The van der Waals surface area contributed by atoms with E-state index in [1.54, 1.807) is 18.2 Å². The zero-order chi connectivity index (χ0) is 24.2. The van der Waals surface area contributed by atoms with E-state index in [9.17, 15) is 24.6 Å². The molecule has 0 fully saturated rings. The summed E-state index contributed by atoms with van der Waals surface area (Å²) >= 11 is 0. The second-order valence-corrected chi connectivity index (χ2v) is 7.19. The molecule has 0 amide bonds. The van der Waals surface area contributed by atoms with E-state index < -0.39 is 29.2 Å². The van der Waals surface area contributed by atoms with Crippen molar-refractivity contribution < 1.29 is 28.3 Å². The Morgan fingerprint density at radius 1 is 1.12 bits per heavy atom. The summed E-state index contributed by atoms with van der Waals surface area (Å²) in [5.74, 6) is -1.15. The summed E-state index contributed by atoms with van der Waals surface area (Å²) in [6.45, 7) is -0.407. The zero-order valence-electron chi connectivity index (χ0n) is 17.4. The second-order valence-electron chi connectivity index (χ2n) is 7.19. The van der Waals surface area contributed by atoms with Crippen molar-refractivity contribution >= 4 is 11.7 Å². The predicted octanol–water partition coefficient (Wildman–Crippen LogP) is 3.94. The normalized spacial score (nSPS) is 14.4. The summed E-state index contributed by atoms with van der Waals surface area (Å²) in [5.41, 5.74) is 7.20. The molecule has 1 heterocycles. The van der Waals surface area contributed by atoms with E-state index in [1.165, 1.54) is 48.5 Å². The average molecular weight is 461 g/mol. The van der Waals surface area contributed by atoms with Crippen molar-refractivity contribution in [1.29, 1.82) is 5.26 Å². The lowest BCUT2D eigenvalue weighted by molar-refractivity contribution is -0.384. The lowest BCUT2D eigenvalue weighted by Crippen LogP contribution is -2.21.